The number of aryl methyl sites for hydroxylation is 2. The van der Waals surface area contributed by atoms with Crippen LogP contribution >= 0.6 is 11.6 Å². The molecule has 1 N–H and O–H groups in total. The molecule has 1 aromatic heterocycles. The zero-order chi connectivity index (χ0) is 21.3. The van der Waals surface area contributed by atoms with Gasteiger partial charge in [0.05, 0.1) is 23.6 Å². The molecule has 2 aromatic carbocycles. The van der Waals surface area contributed by atoms with E-state index in [2.05, 4.69) is 27.5 Å². The smallest absolute Gasteiger partial charge is 0.228 e. The summed E-state index contributed by atoms with van der Waals surface area (Å²) in [5.41, 5.74) is 3.32. The standard InChI is InChI=1S/C23H25ClN4O2/c1-14(2)30-20-12-16(8-10-18(20)24)23-26-21(28(3)27-23)13-22(29)25-19-11-9-15-6-4-5-7-17(15)19/h4-8,10,12,14,19H,9,11,13H2,1-3H3,(H,25,29)/t19-/m0/s1. The molecule has 1 atom stereocenters. The van der Waals surface area contributed by atoms with E-state index in [9.17, 15) is 4.79 Å². The summed E-state index contributed by atoms with van der Waals surface area (Å²) in [4.78, 5) is 17.2. The van der Waals surface area contributed by atoms with Crippen LogP contribution in [0.5, 0.6) is 5.75 Å². The third kappa shape index (κ3) is 4.33. The van der Waals surface area contributed by atoms with Crippen molar-refractivity contribution in [2.24, 2.45) is 7.05 Å². The van der Waals surface area contributed by atoms with Gasteiger partial charge >= 0.3 is 0 Å². The first-order chi connectivity index (χ1) is 14.4. The average Bonchev–Trinajstić information content (AvgIpc) is 3.27. The SMILES string of the molecule is CC(C)Oc1cc(-c2nc(CC(=O)N[C@H]3CCc4ccccc43)n(C)n2)ccc1Cl. The number of rotatable bonds is 6. The van der Waals surface area contributed by atoms with E-state index in [1.165, 1.54) is 11.1 Å². The van der Waals surface area contributed by atoms with Crippen LogP contribution in [0.4, 0.5) is 0 Å². The second-order valence-electron chi connectivity index (χ2n) is 7.82. The number of benzene rings is 2. The van der Waals surface area contributed by atoms with E-state index in [0.717, 1.165) is 18.4 Å². The van der Waals surface area contributed by atoms with E-state index in [1.807, 2.05) is 38.1 Å². The van der Waals surface area contributed by atoms with Crippen molar-refractivity contribution < 1.29 is 9.53 Å². The Kier molecular flexibility index (Phi) is 5.77. The molecule has 0 spiro atoms. The highest BCUT2D eigenvalue weighted by atomic mass is 35.5. The fourth-order valence-corrected chi connectivity index (χ4v) is 3.94. The average molecular weight is 425 g/mol. The molecule has 0 saturated carbocycles. The lowest BCUT2D eigenvalue weighted by atomic mass is 10.1. The minimum atomic E-state index is -0.0568. The van der Waals surface area contributed by atoms with Gasteiger partial charge in [-0.2, -0.15) is 5.10 Å². The molecule has 30 heavy (non-hydrogen) atoms. The Balaban J connectivity index is 1.48. The summed E-state index contributed by atoms with van der Waals surface area (Å²) in [5.74, 6) is 1.68. The van der Waals surface area contributed by atoms with Crippen molar-refractivity contribution in [2.75, 3.05) is 0 Å². The van der Waals surface area contributed by atoms with Crippen LogP contribution in [-0.2, 0) is 24.7 Å². The van der Waals surface area contributed by atoms with Crippen molar-refractivity contribution in [3.05, 3.63) is 64.4 Å². The maximum Gasteiger partial charge on any atom is 0.228 e. The maximum atomic E-state index is 12.7. The molecule has 3 aromatic rings. The van der Waals surface area contributed by atoms with Gasteiger partial charge in [0.15, 0.2) is 5.82 Å². The topological polar surface area (TPSA) is 69.0 Å². The zero-order valence-corrected chi connectivity index (χ0v) is 18.1. The number of aromatic nitrogens is 3. The first-order valence-corrected chi connectivity index (χ1v) is 10.5. The molecule has 0 unspecified atom stereocenters. The van der Waals surface area contributed by atoms with Gasteiger partial charge in [-0.25, -0.2) is 4.98 Å². The summed E-state index contributed by atoms with van der Waals surface area (Å²) in [6.07, 6.45) is 2.10. The number of ether oxygens (including phenoxy) is 1. The van der Waals surface area contributed by atoms with Crippen LogP contribution in [0.25, 0.3) is 11.4 Å². The minimum Gasteiger partial charge on any atom is -0.489 e. The zero-order valence-electron chi connectivity index (χ0n) is 17.4. The predicted molar refractivity (Wildman–Crippen MR) is 117 cm³/mol. The molecule has 1 aliphatic carbocycles. The van der Waals surface area contributed by atoms with Crippen LogP contribution in [0.1, 0.15) is 43.3 Å². The second kappa shape index (κ2) is 8.48. The van der Waals surface area contributed by atoms with E-state index in [0.29, 0.717) is 22.4 Å². The molecule has 0 saturated heterocycles. The predicted octanol–water partition coefficient (Wildman–Crippen LogP) is 4.27. The number of nitrogens with one attached hydrogen (secondary N) is 1. The van der Waals surface area contributed by atoms with Crippen molar-refractivity contribution in [1.29, 1.82) is 0 Å². The summed E-state index contributed by atoms with van der Waals surface area (Å²) < 4.78 is 7.40. The quantitative estimate of drug-likeness (QED) is 0.641. The van der Waals surface area contributed by atoms with Crippen molar-refractivity contribution >= 4 is 17.5 Å². The molecule has 0 aliphatic heterocycles. The summed E-state index contributed by atoms with van der Waals surface area (Å²) in [6, 6.07) is 13.8. The lowest BCUT2D eigenvalue weighted by Gasteiger charge is -2.13. The first-order valence-electron chi connectivity index (χ1n) is 10.1. The van der Waals surface area contributed by atoms with E-state index >= 15 is 0 Å². The van der Waals surface area contributed by atoms with Gasteiger partial charge in [-0.3, -0.25) is 9.48 Å². The van der Waals surface area contributed by atoms with Crippen LogP contribution < -0.4 is 10.1 Å². The lowest BCUT2D eigenvalue weighted by molar-refractivity contribution is -0.121. The van der Waals surface area contributed by atoms with Gasteiger partial charge in [0.25, 0.3) is 0 Å². The largest absolute Gasteiger partial charge is 0.489 e. The molecule has 1 amide bonds. The van der Waals surface area contributed by atoms with Crippen molar-refractivity contribution in [1.82, 2.24) is 20.1 Å². The number of amides is 1. The van der Waals surface area contributed by atoms with Gasteiger partial charge in [0.1, 0.15) is 11.6 Å². The monoisotopic (exact) mass is 424 g/mol. The van der Waals surface area contributed by atoms with Crippen LogP contribution in [0, 0.1) is 0 Å². The molecule has 0 bridgehead atoms. The molecule has 0 fully saturated rings. The molecule has 6 nitrogen and oxygen atoms in total. The highest BCUT2D eigenvalue weighted by Gasteiger charge is 2.24. The van der Waals surface area contributed by atoms with Gasteiger partial charge in [0.2, 0.25) is 5.91 Å². The van der Waals surface area contributed by atoms with Crippen molar-refractivity contribution in [3.8, 4) is 17.1 Å². The van der Waals surface area contributed by atoms with Gasteiger partial charge in [-0.05, 0) is 56.0 Å². The summed E-state index contributed by atoms with van der Waals surface area (Å²) >= 11 is 6.23. The lowest BCUT2D eigenvalue weighted by Crippen LogP contribution is -2.29. The van der Waals surface area contributed by atoms with Crippen LogP contribution in [0.15, 0.2) is 42.5 Å². The number of nitrogens with zero attached hydrogens (tertiary/aromatic N) is 3. The van der Waals surface area contributed by atoms with Crippen molar-refractivity contribution in [2.45, 2.75) is 45.3 Å². The minimum absolute atomic E-state index is 0.00872. The number of fused-ring (bicyclic) bond motifs is 1. The van der Waals surface area contributed by atoms with Crippen LogP contribution in [0.3, 0.4) is 0 Å². The number of carbonyl (C=O) groups is 1. The Morgan fingerprint density at radius 1 is 1.30 bits per heavy atom. The number of halogens is 1. The van der Waals surface area contributed by atoms with Gasteiger partial charge in [-0.15, -0.1) is 0 Å². The molecule has 156 valence electrons. The number of hydrogen-bond acceptors (Lipinski definition) is 4. The van der Waals surface area contributed by atoms with E-state index in [4.69, 9.17) is 16.3 Å². The number of hydrogen-bond donors (Lipinski definition) is 1. The summed E-state index contributed by atoms with van der Waals surface area (Å²) in [5, 5.41) is 8.16. The third-order valence-electron chi connectivity index (χ3n) is 5.19. The molecule has 7 heteroatoms. The molecule has 0 radical (unpaired) electrons. The fraction of sp³-hybridized carbons (Fsp3) is 0.348. The van der Waals surface area contributed by atoms with E-state index in [-0.39, 0.29) is 24.5 Å². The van der Waals surface area contributed by atoms with Gasteiger partial charge < -0.3 is 10.1 Å². The summed E-state index contributed by atoms with van der Waals surface area (Å²) in [7, 11) is 1.80. The summed E-state index contributed by atoms with van der Waals surface area (Å²) in [6.45, 7) is 3.89. The maximum absolute atomic E-state index is 12.7. The van der Waals surface area contributed by atoms with Crippen molar-refractivity contribution in [3.63, 3.8) is 0 Å². The normalized spacial score (nSPS) is 15.3. The molecule has 1 aliphatic rings. The van der Waals surface area contributed by atoms with E-state index in [1.54, 1.807) is 17.8 Å². The fourth-order valence-electron chi connectivity index (χ4n) is 3.78. The van der Waals surface area contributed by atoms with Crippen LogP contribution in [0.2, 0.25) is 5.02 Å². The van der Waals surface area contributed by atoms with E-state index < -0.39 is 0 Å². The first kappa shape index (κ1) is 20.4. The molecular formula is C23H25ClN4O2. The third-order valence-corrected chi connectivity index (χ3v) is 5.50. The van der Waals surface area contributed by atoms with Crippen LogP contribution in [-0.4, -0.2) is 26.8 Å². The Bertz CT molecular complexity index is 1080. The Morgan fingerprint density at radius 3 is 2.90 bits per heavy atom. The Hall–Kier alpha value is -2.86. The van der Waals surface area contributed by atoms with Gasteiger partial charge in [-0.1, -0.05) is 35.9 Å². The second-order valence-corrected chi connectivity index (χ2v) is 8.23. The molecule has 4 rings (SSSR count). The Morgan fingerprint density at radius 2 is 2.10 bits per heavy atom. The Labute approximate surface area is 181 Å². The highest BCUT2D eigenvalue weighted by Crippen LogP contribution is 2.31. The van der Waals surface area contributed by atoms with Gasteiger partial charge in [0, 0.05) is 12.6 Å². The number of carbonyl (C=O) groups excluding carboxylic acids is 1. The molecular weight excluding hydrogens is 400 g/mol. The highest BCUT2D eigenvalue weighted by molar-refractivity contribution is 6.32. The molecule has 1 heterocycles.